The number of benzene rings is 3. The number of para-hydroxylation sites is 1. The number of nitrogens with two attached hydrogens (primary N) is 1. The van der Waals surface area contributed by atoms with Crippen molar-refractivity contribution in [1.29, 1.82) is 0 Å². The first-order valence-electron chi connectivity index (χ1n) is 11.0. The summed E-state index contributed by atoms with van der Waals surface area (Å²) in [4.78, 5) is 3.19. The van der Waals surface area contributed by atoms with Crippen LogP contribution in [0.3, 0.4) is 0 Å². The molecule has 34 heavy (non-hydrogen) atoms. The summed E-state index contributed by atoms with van der Waals surface area (Å²) in [5, 5.41) is 5.14. The predicted molar refractivity (Wildman–Crippen MR) is 142 cm³/mol. The molecule has 4 rings (SSSR count). The Morgan fingerprint density at radius 2 is 1.71 bits per heavy atom. The van der Waals surface area contributed by atoms with Gasteiger partial charge in [-0.25, -0.2) is 0 Å². The smallest absolute Gasteiger partial charge is 0.0547 e. The molecule has 0 amide bonds. The summed E-state index contributed by atoms with van der Waals surface area (Å²) in [7, 11) is 0. The molecule has 1 radical (unpaired) electrons. The van der Waals surface area contributed by atoms with Gasteiger partial charge in [-0.1, -0.05) is 71.8 Å². The molecule has 0 aliphatic rings. The molecule has 0 saturated carbocycles. The molecule has 1 aromatic heterocycles. The number of aromatic nitrogens is 1. The molecule has 0 bridgehead atoms. The minimum atomic E-state index is 0. The molecule has 0 spiro atoms. The van der Waals surface area contributed by atoms with Gasteiger partial charge in [0.2, 0.25) is 0 Å². The summed E-state index contributed by atoms with van der Waals surface area (Å²) in [5.41, 5.74) is 26.6. The Balaban J connectivity index is 0.000000266. The van der Waals surface area contributed by atoms with Gasteiger partial charge in [0.05, 0.1) is 5.70 Å². The van der Waals surface area contributed by atoms with Crippen LogP contribution in [-0.4, -0.2) is 18.1 Å². The molecular weight excluding hydrogens is 519 g/mol. The quantitative estimate of drug-likeness (QED) is 0.202. The maximum Gasteiger partial charge on any atom is 0.0547 e. The zero-order chi connectivity index (χ0) is 23.5. The molecule has 1 heterocycles. The van der Waals surface area contributed by atoms with Crippen LogP contribution in [0, 0.1) is 0 Å². The van der Waals surface area contributed by atoms with Gasteiger partial charge >= 0.3 is 0 Å². The summed E-state index contributed by atoms with van der Waals surface area (Å²) >= 11 is 5.94. The van der Waals surface area contributed by atoms with E-state index in [0.717, 1.165) is 42.6 Å². The number of aromatic amines is 1. The second-order valence-corrected chi connectivity index (χ2v) is 8.12. The minimum Gasteiger partial charge on any atom is -0.698 e. The largest absolute Gasteiger partial charge is 0.698 e. The fourth-order valence-corrected chi connectivity index (χ4v) is 3.71. The van der Waals surface area contributed by atoms with Crippen molar-refractivity contribution in [2.45, 2.75) is 19.3 Å². The van der Waals surface area contributed by atoms with Crippen molar-refractivity contribution in [3.63, 3.8) is 0 Å². The van der Waals surface area contributed by atoms with E-state index in [9.17, 15) is 0 Å². The number of aryl methyl sites for hydroxylation is 1. The zero-order valence-corrected chi connectivity index (χ0v) is 22.7. The third-order valence-electron chi connectivity index (χ3n) is 5.27. The van der Waals surface area contributed by atoms with Crippen LogP contribution in [0.1, 0.15) is 23.1 Å². The van der Waals surface area contributed by atoms with Gasteiger partial charge < -0.3 is 27.5 Å². The zero-order valence-electron chi connectivity index (χ0n) is 19.2. The standard InChI is InChI=1S/C17H19ClN3.C10H11N2.Y/c18-15-8-9-16(19)14(11-15)7-4-10-21-12-17(20)13-5-2-1-3-6-13;11-6-5-8-7-12-10-4-2-1-3-9(8)10;/h1-3,5-6,8-9,11-12,19,21H,4,7,10,20H2;1-4,7,11-12H,5-6H2;/q2*-1;/b17-12-;;. The van der Waals surface area contributed by atoms with E-state index < -0.39 is 0 Å². The fraction of sp³-hybridized carbons (Fsp3) is 0.185. The van der Waals surface area contributed by atoms with E-state index in [1.54, 1.807) is 12.1 Å². The summed E-state index contributed by atoms with van der Waals surface area (Å²) < 4.78 is 0. The number of halogens is 1. The van der Waals surface area contributed by atoms with E-state index in [4.69, 9.17) is 28.8 Å². The van der Waals surface area contributed by atoms with Crippen molar-refractivity contribution in [2.24, 2.45) is 5.73 Å². The Bertz CT molecular complexity index is 1170. The van der Waals surface area contributed by atoms with Crippen LogP contribution in [0.2, 0.25) is 5.02 Å². The number of rotatable bonds is 8. The Hall–Kier alpha value is -2.31. The van der Waals surface area contributed by atoms with Crippen LogP contribution in [0.4, 0.5) is 5.69 Å². The van der Waals surface area contributed by atoms with Gasteiger partial charge in [0.1, 0.15) is 0 Å². The molecule has 7 heteroatoms. The Labute approximate surface area is 232 Å². The second kappa shape index (κ2) is 14.8. The first-order valence-corrected chi connectivity index (χ1v) is 11.4. The average Bonchev–Trinajstić information content (AvgIpc) is 3.25. The van der Waals surface area contributed by atoms with Gasteiger partial charge in [-0.2, -0.15) is 0 Å². The average molecular weight is 549 g/mol. The van der Waals surface area contributed by atoms with Crippen LogP contribution in [-0.2, 0) is 45.6 Å². The number of nitrogens with one attached hydrogen (secondary N) is 4. The Morgan fingerprint density at radius 1 is 0.971 bits per heavy atom. The molecule has 175 valence electrons. The number of hydrogen-bond donors (Lipinski definition) is 3. The van der Waals surface area contributed by atoms with Crippen LogP contribution in [0.5, 0.6) is 0 Å². The number of hydrogen-bond acceptors (Lipinski definition) is 2. The van der Waals surface area contributed by atoms with Gasteiger partial charge in [-0.3, -0.25) is 0 Å². The molecular formula is C27H30ClN5Y-2. The summed E-state index contributed by atoms with van der Waals surface area (Å²) in [6.45, 7) is 1.27. The predicted octanol–water partition coefficient (Wildman–Crippen LogP) is 7.26. The fourth-order valence-electron chi connectivity index (χ4n) is 3.52. The summed E-state index contributed by atoms with van der Waals surface area (Å²) in [5.74, 6) is 0. The van der Waals surface area contributed by atoms with Crippen molar-refractivity contribution in [1.82, 2.24) is 10.3 Å². The van der Waals surface area contributed by atoms with E-state index in [-0.39, 0.29) is 32.7 Å². The maximum atomic E-state index is 7.82. The van der Waals surface area contributed by atoms with Gasteiger partial charge in [-0.15, -0.1) is 12.2 Å². The second-order valence-electron chi connectivity index (χ2n) is 7.68. The summed E-state index contributed by atoms with van der Waals surface area (Å²) in [6.07, 6.45) is 6.41. The van der Waals surface area contributed by atoms with E-state index in [1.807, 2.05) is 60.9 Å². The molecule has 0 saturated heterocycles. The third kappa shape index (κ3) is 8.48. The van der Waals surface area contributed by atoms with Crippen LogP contribution >= 0.6 is 11.6 Å². The van der Waals surface area contributed by atoms with E-state index in [2.05, 4.69) is 22.4 Å². The first kappa shape index (κ1) is 27.9. The Morgan fingerprint density at radius 3 is 2.47 bits per heavy atom. The van der Waals surface area contributed by atoms with Gasteiger partial charge in [0.15, 0.2) is 0 Å². The summed E-state index contributed by atoms with van der Waals surface area (Å²) in [6, 6.07) is 23.4. The molecule has 0 atom stereocenters. The SMILES string of the molecule is [NH-]CCc1c[nH]c2ccccc12.[NH-]c1ccc(Cl)cc1CCCN/C=C(\N)c1ccccc1.[Y]. The molecule has 4 aromatic rings. The molecule has 6 N–H and O–H groups in total. The molecule has 5 nitrogen and oxygen atoms in total. The maximum absolute atomic E-state index is 7.82. The van der Waals surface area contributed by atoms with Crippen LogP contribution < -0.4 is 11.1 Å². The van der Waals surface area contributed by atoms with Crippen molar-refractivity contribution < 1.29 is 32.7 Å². The van der Waals surface area contributed by atoms with Crippen molar-refractivity contribution in [2.75, 3.05) is 13.1 Å². The van der Waals surface area contributed by atoms with Crippen LogP contribution in [0.25, 0.3) is 28.1 Å². The van der Waals surface area contributed by atoms with Crippen molar-refractivity contribution >= 4 is 33.9 Å². The normalized spacial score (nSPS) is 10.8. The molecule has 0 unspecified atom stereocenters. The topological polar surface area (TPSA) is 101 Å². The van der Waals surface area contributed by atoms with Crippen molar-refractivity contribution in [3.05, 3.63) is 118 Å². The molecule has 0 aliphatic heterocycles. The van der Waals surface area contributed by atoms with E-state index in [1.165, 1.54) is 16.5 Å². The van der Waals surface area contributed by atoms with E-state index in [0.29, 0.717) is 17.3 Å². The van der Waals surface area contributed by atoms with Gasteiger partial charge in [0, 0.05) is 67.6 Å². The molecule has 0 fully saturated rings. The monoisotopic (exact) mass is 548 g/mol. The number of fused-ring (bicyclic) bond motifs is 1. The number of H-pyrrole nitrogens is 1. The molecule has 3 aromatic carbocycles. The minimum absolute atomic E-state index is 0. The Kier molecular flexibility index (Phi) is 12.2. The third-order valence-corrected chi connectivity index (χ3v) is 5.50. The van der Waals surface area contributed by atoms with Gasteiger partial charge in [0.25, 0.3) is 0 Å². The van der Waals surface area contributed by atoms with Crippen LogP contribution in [0.15, 0.2) is 85.2 Å². The van der Waals surface area contributed by atoms with Gasteiger partial charge in [-0.05, 0) is 48.6 Å². The first-order chi connectivity index (χ1) is 16.1. The van der Waals surface area contributed by atoms with Crippen molar-refractivity contribution in [3.8, 4) is 0 Å². The van der Waals surface area contributed by atoms with E-state index >= 15 is 0 Å². The molecule has 0 aliphatic carbocycles.